The van der Waals surface area contributed by atoms with E-state index in [9.17, 15) is 4.79 Å². The fraction of sp³-hybridized carbons (Fsp3) is 0.143. The Morgan fingerprint density at radius 2 is 1.85 bits per heavy atom. The summed E-state index contributed by atoms with van der Waals surface area (Å²) in [5.74, 6) is 0.862. The number of carbonyl (C=O) groups is 1. The Balaban J connectivity index is 2.27. The first-order valence-electron chi connectivity index (χ1n) is 5.78. The number of anilines is 1. The summed E-state index contributed by atoms with van der Waals surface area (Å²) in [4.78, 5) is 16.2. The molecular weight excluding hydrogens is 324 g/mol. The van der Waals surface area contributed by atoms with Crippen molar-refractivity contribution in [1.29, 1.82) is 0 Å². The Morgan fingerprint density at radius 1 is 1.20 bits per heavy atom. The number of rotatable bonds is 4. The van der Waals surface area contributed by atoms with Crippen molar-refractivity contribution in [2.45, 2.75) is 0 Å². The summed E-state index contributed by atoms with van der Waals surface area (Å²) in [6, 6.07) is 6.71. The van der Waals surface area contributed by atoms with Crippen LogP contribution in [0.3, 0.4) is 0 Å². The average Bonchev–Trinajstić information content (AvgIpc) is 2.48. The lowest BCUT2D eigenvalue weighted by molar-refractivity contribution is 0.102. The van der Waals surface area contributed by atoms with Gasteiger partial charge in [-0.3, -0.25) is 9.78 Å². The van der Waals surface area contributed by atoms with Gasteiger partial charge in [0.25, 0.3) is 5.91 Å². The average molecular weight is 337 g/mol. The standard InChI is InChI=1S/C14H13BrN2O3/c1-19-10-5-9(6-11(7-10)20-2)14(18)17-13-3-4-16-8-12(13)15/h3-8H,1-2H3,(H,16,17,18). The predicted octanol–water partition coefficient (Wildman–Crippen LogP) is 3.11. The van der Waals surface area contributed by atoms with Crippen LogP contribution in [-0.4, -0.2) is 25.1 Å². The summed E-state index contributed by atoms with van der Waals surface area (Å²) in [5, 5.41) is 2.79. The van der Waals surface area contributed by atoms with Crippen LogP contribution >= 0.6 is 15.9 Å². The predicted molar refractivity (Wildman–Crippen MR) is 79.4 cm³/mol. The molecule has 1 aromatic heterocycles. The van der Waals surface area contributed by atoms with Crippen molar-refractivity contribution in [1.82, 2.24) is 4.98 Å². The lowest BCUT2D eigenvalue weighted by atomic mass is 10.2. The number of nitrogens with zero attached hydrogens (tertiary/aromatic N) is 1. The van der Waals surface area contributed by atoms with Crippen LogP contribution in [0.4, 0.5) is 5.69 Å². The van der Waals surface area contributed by atoms with Crippen molar-refractivity contribution in [3.63, 3.8) is 0 Å². The van der Waals surface area contributed by atoms with Crippen LogP contribution in [0.1, 0.15) is 10.4 Å². The van der Waals surface area contributed by atoms with Gasteiger partial charge < -0.3 is 14.8 Å². The van der Waals surface area contributed by atoms with E-state index in [1.54, 1.807) is 36.7 Å². The monoisotopic (exact) mass is 336 g/mol. The summed E-state index contributed by atoms with van der Waals surface area (Å²) >= 11 is 3.33. The molecule has 5 nitrogen and oxygen atoms in total. The summed E-state index contributed by atoms with van der Waals surface area (Å²) in [5.41, 5.74) is 1.09. The van der Waals surface area contributed by atoms with Crippen LogP contribution in [0, 0.1) is 0 Å². The minimum absolute atomic E-state index is 0.255. The molecule has 0 saturated heterocycles. The van der Waals surface area contributed by atoms with Crippen molar-refractivity contribution in [3.8, 4) is 11.5 Å². The molecule has 20 heavy (non-hydrogen) atoms. The summed E-state index contributed by atoms with van der Waals surface area (Å²) < 4.78 is 11.0. The van der Waals surface area contributed by atoms with E-state index in [0.717, 1.165) is 0 Å². The second-order valence-corrected chi connectivity index (χ2v) is 4.77. The van der Waals surface area contributed by atoms with Gasteiger partial charge in [0, 0.05) is 24.0 Å². The molecule has 2 aromatic rings. The summed E-state index contributed by atoms with van der Waals surface area (Å²) in [7, 11) is 3.08. The van der Waals surface area contributed by atoms with E-state index < -0.39 is 0 Å². The van der Waals surface area contributed by atoms with Gasteiger partial charge in [0.2, 0.25) is 0 Å². The molecule has 0 unspecified atom stereocenters. The topological polar surface area (TPSA) is 60.5 Å². The van der Waals surface area contributed by atoms with Crippen LogP contribution < -0.4 is 14.8 Å². The van der Waals surface area contributed by atoms with Crippen LogP contribution in [0.15, 0.2) is 41.1 Å². The molecule has 1 N–H and O–H groups in total. The Morgan fingerprint density at radius 3 is 2.40 bits per heavy atom. The molecule has 0 spiro atoms. The van der Waals surface area contributed by atoms with Gasteiger partial charge >= 0.3 is 0 Å². The molecule has 6 heteroatoms. The molecule has 0 saturated carbocycles. The Kier molecular flexibility index (Phi) is 4.57. The lowest BCUT2D eigenvalue weighted by Gasteiger charge is -2.10. The van der Waals surface area contributed by atoms with Crippen molar-refractivity contribution in [3.05, 3.63) is 46.7 Å². The second-order valence-electron chi connectivity index (χ2n) is 3.91. The number of nitrogens with one attached hydrogen (secondary N) is 1. The van der Waals surface area contributed by atoms with Crippen molar-refractivity contribution < 1.29 is 14.3 Å². The zero-order chi connectivity index (χ0) is 14.5. The molecule has 0 aliphatic carbocycles. The Hall–Kier alpha value is -2.08. The van der Waals surface area contributed by atoms with Crippen LogP contribution in [0.25, 0.3) is 0 Å². The third-order valence-electron chi connectivity index (χ3n) is 2.63. The Labute approximate surface area is 125 Å². The number of carbonyl (C=O) groups excluding carboxylic acids is 1. The maximum absolute atomic E-state index is 12.2. The minimum Gasteiger partial charge on any atom is -0.497 e. The molecule has 1 amide bonds. The molecule has 0 radical (unpaired) electrons. The Bertz CT molecular complexity index is 609. The van der Waals surface area contributed by atoms with Crippen molar-refractivity contribution in [2.24, 2.45) is 0 Å². The number of benzene rings is 1. The third-order valence-corrected chi connectivity index (χ3v) is 3.27. The van der Waals surface area contributed by atoms with Gasteiger partial charge in [-0.15, -0.1) is 0 Å². The molecular formula is C14H13BrN2O3. The van der Waals surface area contributed by atoms with E-state index in [4.69, 9.17) is 9.47 Å². The van der Waals surface area contributed by atoms with E-state index in [1.165, 1.54) is 14.2 Å². The molecule has 0 aliphatic rings. The first-order valence-corrected chi connectivity index (χ1v) is 6.57. The van der Waals surface area contributed by atoms with Gasteiger partial charge in [0.1, 0.15) is 11.5 Å². The molecule has 1 aromatic carbocycles. The van der Waals surface area contributed by atoms with Crippen molar-refractivity contribution >= 4 is 27.5 Å². The highest BCUT2D eigenvalue weighted by Gasteiger charge is 2.11. The number of hydrogen-bond acceptors (Lipinski definition) is 4. The zero-order valence-corrected chi connectivity index (χ0v) is 12.6. The van der Waals surface area contributed by atoms with Crippen LogP contribution in [-0.2, 0) is 0 Å². The van der Waals surface area contributed by atoms with Gasteiger partial charge in [-0.1, -0.05) is 0 Å². The van der Waals surface area contributed by atoms with Crippen LogP contribution in [0.2, 0.25) is 0 Å². The highest BCUT2D eigenvalue weighted by Crippen LogP contribution is 2.25. The second kappa shape index (κ2) is 6.38. The molecule has 0 aliphatic heterocycles. The van der Waals surface area contributed by atoms with Crippen molar-refractivity contribution in [2.75, 3.05) is 19.5 Å². The summed E-state index contributed by atoms with van der Waals surface area (Å²) in [6.45, 7) is 0. The SMILES string of the molecule is COc1cc(OC)cc(C(=O)Nc2ccncc2Br)c1. The fourth-order valence-corrected chi connectivity index (χ4v) is 1.96. The molecule has 0 fully saturated rings. The zero-order valence-electron chi connectivity index (χ0n) is 11.0. The quantitative estimate of drug-likeness (QED) is 0.931. The number of amides is 1. The van der Waals surface area contributed by atoms with E-state index >= 15 is 0 Å². The normalized spacial score (nSPS) is 9.95. The van der Waals surface area contributed by atoms with Gasteiger partial charge in [0.05, 0.1) is 24.4 Å². The number of pyridine rings is 1. The van der Waals surface area contributed by atoms with Gasteiger partial charge in [-0.25, -0.2) is 0 Å². The number of halogens is 1. The number of aromatic nitrogens is 1. The number of hydrogen-bond donors (Lipinski definition) is 1. The van der Waals surface area contributed by atoms with Gasteiger partial charge in [0.15, 0.2) is 0 Å². The van der Waals surface area contributed by atoms with E-state index in [2.05, 4.69) is 26.2 Å². The van der Waals surface area contributed by atoms with Gasteiger partial charge in [-0.2, -0.15) is 0 Å². The largest absolute Gasteiger partial charge is 0.497 e. The maximum Gasteiger partial charge on any atom is 0.255 e. The minimum atomic E-state index is -0.255. The van der Waals surface area contributed by atoms with Gasteiger partial charge in [-0.05, 0) is 34.1 Å². The fourth-order valence-electron chi connectivity index (χ4n) is 1.61. The molecule has 1 heterocycles. The van der Waals surface area contributed by atoms with E-state index in [0.29, 0.717) is 27.2 Å². The molecule has 104 valence electrons. The molecule has 0 atom stereocenters. The lowest BCUT2D eigenvalue weighted by Crippen LogP contribution is -2.12. The third kappa shape index (κ3) is 3.27. The number of ether oxygens (including phenoxy) is 2. The first kappa shape index (κ1) is 14.3. The number of methoxy groups -OCH3 is 2. The van der Waals surface area contributed by atoms with E-state index in [1.807, 2.05) is 0 Å². The summed E-state index contributed by atoms with van der Waals surface area (Å²) in [6.07, 6.45) is 3.22. The van der Waals surface area contributed by atoms with E-state index in [-0.39, 0.29) is 5.91 Å². The van der Waals surface area contributed by atoms with Crippen LogP contribution in [0.5, 0.6) is 11.5 Å². The maximum atomic E-state index is 12.2. The molecule has 2 rings (SSSR count). The highest BCUT2D eigenvalue weighted by molar-refractivity contribution is 9.10. The highest BCUT2D eigenvalue weighted by atomic mass is 79.9. The smallest absolute Gasteiger partial charge is 0.255 e. The first-order chi connectivity index (χ1) is 9.63. The molecule has 0 bridgehead atoms.